The van der Waals surface area contributed by atoms with E-state index in [1.165, 1.54) is 11.1 Å². The number of nitrogens with one attached hydrogen (secondary N) is 2. The van der Waals surface area contributed by atoms with E-state index in [0.29, 0.717) is 19.7 Å². The third-order valence-electron chi connectivity index (χ3n) is 5.85. The maximum absolute atomic E-state index is 12.8. The molecule has 2 N–H and O–H groups in total. The first kappa shape index (κ1) is 22.8. The molecular weight excluding hydrogens is 412 g/mol. The van der Waals surface area contributed by atoms with E-state index in [-0.39, 0.29) is 18.0 Å². The molecule has 6 nitrogen and oxygen atoms in total. The summed E-state index contributed by atoms with van der Waals surface area (Å²) in [5.74, 6) is 1.70. The summed E-state index contributed by atoms with van der Waals surface area (Å²) in [7, 11) is 0. The molecule has 0 spiro atoms. The smallest absolute Gasteiger partial charge is 0.240 e. The van der Waals surface area contributed by atoms with E-state index in [1.807, 2.05) is 47.4 Å². The fraction of sp³-hybridized carbons (Fsp3) is 0.333. The van der Waals surface area contributed by atoms with Crippen LogP contribution in [-0.4, -0.2) is 41.0 Å². The summed E-state index contributed by atoms with van der Waals surface area (Å²) in [6.45, 7) is 6.82. The molecule has 1 unspecified atom stereocenters. The molecule has 4 rings (SSSR count). The number of anilines is 1. The molecule has 1 aliphatic rings. The van der Waals surface area contributed by atoms with Crippen molar-refractivity contribution in [1.82, 2.24) is 15.2 Å². The maximum atomic E-state index is 12.8. The number of carbonyl (C=O) groups excluding carboxylic acids is 1. The van der Waals surface area contributed by atoms with Gasteiger partial charge in [-0.2, -0.15) is 0 Å². The highest BCUT2D eigenvalue weighted by atomic mass is 16.5. The number of benzene rings is 2. The summed E-state index contributed by atoms with van der Waals surface area (Å²) in [5.41, 5.74) is 3.53. The molecule has 1 fully saturated rings. The number of hydrogen-bond acceptors (Lipinski definition) is 5. The molecule has 1 saturated heterocycles. The van der Waals surface area contributed by atoms with Crippen molar-refractivity contribution in [2.45, 2.75) is 45.5 Å². The number of rotatable bonds is 10. The van der Waals surface area contributed by atoms with Gasteiger partial charge < -0.3 is 20.3 Å². The molecule has 0 bridgehead atoms. The summed E-state index contributed by atoms with van der Waals surface area (Å²) < 4.78 is 5.79. The van der Waals surface area contributed by atoms with E-state index in [4.69, 9.17) is 4.74 Å². The highest BCUT2D eigenvalue weighted by Crippen LogP contribution is 2.17. The number of nitrogens with zero attached hydrogens (tertiary/aromatic N) is 2. The summed E-state index contributed by atoms with van der Waals surface area (Å²) in [4.78, 5) is 19.2. The fourth-order valence-electron chi connectivity index (χ4n) is 3.94. The van der Waals surface area contributed by atoms with Gasteiger partial charge in [-0.25, -0.2) is 4.98 Å². The third-order valence-corrected chi connectivity index (χ3v) is 5.85. The lowest BCUT2D eigenvalue weighted by Crippen LogP contribution is -2.45. The normalized spacial score (nSPS) is 16.6. The van der Waals surface area contributed by atoms with E-state index >= 15 is 0 Å². The van der Waals surface area contributed by atoms with Crippen LogP contribution in [-0.2, 0) is 17.9 Å². The number of aromatic nitrogens is 1. The van der Waals surface area contributed by atoms with Gasteiger partial charge in [0.2, 0.25) is 5.91 Å². The number of likely N-dealkylation sites (tertiary alicyclic amines) is 1. The quantitative estimate of drug-likeness (QED) is 0.492. The molecule has 2 heterocycles. The molecule has 2 aromatic carbocycles. The van der Waals surface area contributed by atoms with Crippen LogP contribution in [0.15, 0.2) is 72.9 Å². The molecule has 3 aromatic rings. The largest absolute Gasteiger partial charge is 0.487 e. The van der Waals surface area contributed by atoms with Gasteiger partial charge in [-0.1, -0.05) is 60.2 Å². The lowest BCUT2D eigenvalue weighted by Gasteiger charge is -2.21. The van der Waals surface area contributed by atoms with Gasteiger partial charge in [0, 0.05) is 25.7 Å². The topological polar surface area (TPSA) is 66.5 Å². The van der Waals surface area contributed by atoms with Crippen molar-refractivity contribution in [3.63, 3.8) is 0 Å². The van der Waals surface area contributed by atoms with E-state index in [0.717, 1.165) is 30.1 Å². The van der Waals surface area contributed by atoms with Crippen molar-refractivity contribution < 1.29 is 9.53 Å². The zero-order chi connectivity index (χ0) is 23.0. The Morgan fingerprint density at radius 2 is 1.85 bits per heavy atom. The van der Waals surface area contributed by atoms with Crippen LogP contribution in [0.25, 0.3) is 0 Å². The standard InChI is InChI=1S/C27H32N4O2/c1-20-8-10-22(11-9-20)18-31-15-14-25(27(31)32)30-21(2)16-28-26-13-12-24(17-29-26)33-19-23-6-4-3-5-7-23/h3-13,17,21,25,30H,14-16,18-19H2,1-2H3,(H,28,29)/t21?,25-/m1/s1. The van der Waals surface area contributed by atoms with Crippen molar-refractivity contribution in [1.29, 1.82) is 0 Å². The predicted molar refractivity (Wildman–Crippen MR) is 131 cm³/mol. The number of aryl methyl sites for hydroxylation is 1. The Morgan fingerprint density at radius 1 is 1.06 bits per heavy atom. The molecule has 6 heteroatoms. The summed E-state index contributed by atoms with van der Waals surface area (Å²) in [6.07, 6.45) is 2.56. The van der Waals surface area contributed by atoms with Crippen LogP contribution in [0.2, 0.25) is 0 Å². The van der Waals surface area contributed by atoms with Gasteiger partial charge >= 0.3 is 0 Å². The van der Waals surface area contributed by atoms with Gasteiger partial charge in [-0.05, 0) is 43.5 Å². The molecule has 33 heavy (non-hydrogen) atoms. The lowest BCUT2D eigenvalue weighted by atomic mass is 10.1. The van der Waals surface area contributed by atoms with Crippen LogP contribution in [0.5, 0.6) is 5.75 Å². The molecule has 1 aliphatic heterocycles. The monoisotopic (exact) mass is 444 g/mol. The van der Waals surface area contributed by atoms with E-state index < -0.39 is 0 Å². The first-order valence-corrected chi connectivity index (χ1v) is 11.5. The van der Waals surface area contributed by atoms with Crippen molar-refractivity contribution in [2.24, 2.45) is 0 Å². The Morgan fingerprint density at radius 3 is 2.58 bits per heavy atom. The molecule has 1 amide bonds. The highest BCUT2D eigenvalue weighted by Gasteiger charge is 2.32. The van der Waals surface area contributed by atoms with Crippen LogP contribution >= 0.6 is 0 Å². The second-order valence-corrected chi connectivity index (χ2v) is 8.69. The van der Waals surface area contributed by atoms with Gasteiger partial charge in [0.1, 0.15) is 18.2 Å². The minimum atomic E-state index is -0.131. The van der Waals surface area contributed by atoms with Crippen LogP contribution < -0.4 is 15.4 Å². The molecule has 0 radical (unpaired) electrons. The minimum absolute atomic E-state index is 0.131. The molecule has 2 atom stereocenters. The number of ether oxygens (including phenoxy) is 1. The second kappa shape index (κ2) is 11.0. The number of hydrogen-bond donors (Lipinski definition) is 2. The van der Waals surface area contributed by atoms with E-state index in [2.05, 4.69) is 53.7 Å². The van der Waals surface area contributed by atoms with Crippen LogP contribution in [0.1, 0.15) is 30.0 Å². The Bertz CT molecular complexity index is 1020. The Hall–Kier alpha value is -3.38. The maximum Gasteiger partial charge on any atom is 0.240 e. The number of carbonyl (C=O) groups is 1. The van der Waals surface area contributed by atoms with Crippen molar-refractivity contribution in [3.8, 4) is 5.75 Å². The van der Waals surface area contributed by atoms with Gasteiger partial charge in [-0.15, -0.1) is 0 Å². The zero-order valence-corrected chi connectivity index (χ0v) is 19.3. The van der Waals surface area contributed by atoms with Crippen molar-refractivity contribution in [3.05, 3.63) is 89.6 Å². The second-order valence-electron chi connectivity index (χ2n) is 8.69. The summed E-state index contributed by atoms with van der Waals surface area (Å²) in [5, 5.41) is 6.80. The number of amides is 1. The summed E-state index contributed by atoms with van der Waals surface area (Å²) >= 11 is 0. The molecule has 172 valence electrons. The molecule has 0 saturated carbocycles. The third kappa shape index (κ3) is 6.56. The first-order chi connectivity index (χ1) is 16.1. The average molecular weight is 445 g/mol. The number of pyridine rings is 1. The average Bonchev–Trinajstić information content (AvgIpc) is 3.18. The van der Waals surface area contributed by atoms with Crippen LogP contribution in [0.3, 0.4) is 0 Å². The fourth-order valence-corrected chi connectivity index (χ4v) is 3.94. The lowest BCUT2D eigenvalue weighted by molar-refractivity contribution is -0.130. The van der Waals surface area contributed by atoms with Gasteiger partial charge in [0.15, 0.2) is 0 Å². The van der Waals surface area contributed by atoms with E-state index in [9.17, 15) is 4.79 Å². The predicted octanol–water partition coefficient (Wildman–Crippen LogP) is 4.16. The Labute approximate surface area is 196 Å². The van der Waals surface area contributed by atoms with E-state index in [1.54, 1.807) is 6.20 Å². The van der Waals surface area contributed by atoms with Gasteiger partial charge in [0.05, 0.1) is 12.2 Å². The van der Waals surface area contributed by atoms with Gasteiger partial charge in [0.25, 0.3) is 0 Å². The first-order valence-electron chi connectivity index (χ1n) is 11.5. The van der Waals surface area contributed by atoms with Crippen LogP contribution in [0, 0.1) is 6.92 Å². The minimum Gasteiger partial charge on any atom is -0.487 e. The van der Waals surface area contributed by atoms with Crippen molar-refractivity contribution >= 4 is 11.7 Å². The highest BCUT2D eigenvalue weighted by molar-refractivity contribution is 5.84. The molecule has 1 aromatic heterocycles. The SMILES string of the molecule is Cc1ccc(CN2CC[C@@H](NC(C)CNc3ccc(OCc4ccccc4)cn3)C2=O)cc1. The van der Waals surface area contributed by atoms with Gasteiger partial charge in [-0.3, -0.25) is 4.79 Å². The Kier molecular flexibility index (Phi) is 7.58. The summed E-state index contributed by atoms with van der Waals surface area (Å²) in [6, 6.07) is 22.3. The van der Waals surface area contributed by atoms with Crippen molar-refractivity contribution in [2.75, 3.05) is 18.4 Å². The zero-order valence-electron chi connectivity index (χ0n) is 19.3. The Balaban J connectivity index is 1.19. The molecular formula is C27H32N4O2. The molecule has 0 aliphatic carbocycles. The van der Waals surface area contributed by atoms with Crippen LogP contribution in [0.4, 0.5) is 5.82 Å².